The maximum atomic E-state index is 12.7. The SMILES string of the molecule is CN(Cc1nc2c(s1)CCCC2)C(=O)c1ccc(Cn2cnnn2)cc1. The van der Waals surface area contributed by atoms with Crippen molar-refractivity contribution in [2.75, 3.05) is 7.05 Å². The fraction of sp³-hybridized carbons (Fsp3) is 0.389. The minimum absolute atomic E-state index is 0.00662. The van der Waals surface area contributed by atoms with E-state index < -0.39 is 0 Å². The van der Waals surface area contributed by atoms with Crippen LogP contribution in [-0.4, -0.2) is 43.0 Å². The number of hydrogen-bond acceptors (Lipinski definition) is 6. The fourth-order valence-corrected chi connectivity index (χ4v) is 4.37. The average Bonchev–Trinajstić information content (AvgIpc) is 3.30. The van der Waals surface area contributed by atoms with Crippen molar-refractivity contribution >= 4 is 17.2 Å². The van der Waals surface area contributed by atoms with Crippen molar-refractivity contribution in [1.82, 2.24) is 30.1 Å². The maximum absolute atomic E-state index is 12.7. The summed E-state index contributed by atoms with van der Waals surface area (Å²) in [6.07, 6.45) is 6.25. The Labute approximate surface area is 155 Å². The van der Waals surface area contributed by atoms with E-state index in [-0.39, 0.29) is 5.91 Å². The highest BCUT2D eigenvalue weighted by Crippen LogP contribution is 2.27. The van der Waals surface area contributed by atoms with Gasteiger partial charge >= 0.3 is 0 Å². The summed E-state index contributed by atoms with van der Waals surface area (Å²) in [5, 5.41) is 12.1. The van der Waals surface area contributed by atoms with E-state index in [1.807, 2.05) is 31.3 Å². The molecule has 0 bridgehead atoms. The second-order valence-corrected chi connectivity index (χ2v) is 7.72. The van der Waals surface area contributed by atoms with Crippen LogP contribution in [0.25, 0.3) is 0 Å². The molecular weight excluding hydrogens is 348 g/mol. The number of thiazole rings is 1. The number of nitrogens with zero attached hydrogens (tertiary/aromatic N) is 6. The summed E-state index contributed by atoms with van der Waals surface area (Å²) in [7, 11) is 1.83. The highest BCUT2D eigenvalue weighted by Gasteiger charge is 2.18. The zero-order chi connectivity index (χ0) is 17.9. The molecule has 1 amide bonds. The number of benzene rings is 1. The monoisotopic (exact) mass is 368 g/mol. The van der Waals surface area contributed by atoms with E-state index in [9.17, 15) is 4.79 Å². The lowest BCUT2D eigenvalue weighted by Crippen LogP contribution is -2.26. The van der Waals surface area contributed by atoms with E-state index in [0.29, 0.717) is 18.7 Å². The van der Waals surface area contributed by atoms with Gasteiger partial charge in [-0.25, -0.2) is 9.67 Å². The second kappa shape index (κ2) is 7.33. The molecule has 0 aliphatic heterocycles. The first kappa shape index (κ1) is 16.8. The van der Waals surface area contributed by atoms with Gasteiger partial charge in [0.25, 0.3) is 5.91 Å². The van der Waals surface area contributed by atoms with Crippen molar-refractivity contribution in [3.05, 3.63) is 57.3 Å². The molecule has 1 aliphatic carbocycles. The van der Waals surface area contributed by atoms with E-state index >= 15 is 0 Å². The van der Waals surface area contributed by atoms with E-state index in [2.05, 4.69) is 15.5 Å². The van der Waals surface area contributed by atoms with Gasteiger partial charge in [-0.1, -0.05) is 12.1 Å². The molecule has 4 rings (SSSR count). The number of tetrazole rings is 1. The first-order valence-electron chi connectivity index (χ1n) is 8.71. The second-order valence-electron chi connectivity index (χ2n) is 6.55. The van der Waals surface area contributed by atoms with Crippen molar-refractivity contribution in [3.63, 3.8) is 0 Å². The Balaban J connectivity index is 1.40. The molecular formula is C18H20N6OS. The van der Waals surface area contributed by atoms with Crippen LogP contribution in [0.4, 0.5) is 0 Å². The summed E-state index contributed by atoms with van der Waals surface area (Å²) in [6, 6.07) is 7.58. The summed E-state index contributed by atoms with van der Waals surface area (Å²) in [4.78, 5) is 20.6. The first-order valence-corrected chi connectivity index (χ1v) is 9.53. The lowest BCUT2D eigenvalue weighted by molar-refractivity contribution is 0.0785. The predicted octanol–water partition coefficient (Wildman–Crippen LogP) is 2.33. The van der Waals surface area contributed by atoms with Gasteiger partial charge in [0, 0.05) is 17.5 Å². The molecule has 2 heterocycles. The number of hydrogen-bond donors (Lipinski definition) is 0. The average molecular weight is 368 g/mol. The van der Waals surface area contributed by atoms with Crippen LogP contribution in [0.5, 0.6) is 0 Å². The van der Waals surface area contributed by atoms with E-state index in [4.69, 9.17) is 4.98 Å². The standard InChI is InChI=1S/C18H20N6OS/c1-23(11-17-20-15-4-2-3-5-16(15)26-17)18(25)14-8-6-13(7-9-14)10-24-12-19-21-22-24/h6-9,12H,2-5,10-11H2,1H3. The molecule has 1 aromatic carbocycles. The zero-order valence-corrected chi connectivity index (χ0v) is 15.4. The molecule has 7 nitrogen and oxygen atoms in total. The molecule has 0 unspecified atom stereocenters. The van der Waals surface area contributed by atoms with Gasteiger partial charge in [-0.05, 0) is 53.8 Å². The van der Waals surface area contributed by atoms with Crippen LogP contribution in [0.1, 0.15) is 44.3 Å². The summed E-state index contributed by atoms with van der Waals surface area (Å²) in [6.45, 7) is 1.14. The number of aromatic nitrogens is 5. The third-order valence-electron chi connectivity index (χ3n) is 4.55. The van der Waals surface area contributed by atoms with Gasteiger partial charge in [0.15, 0.2) is 0 Å². The molecule has 0 radical (unpaired) electrons. The summed E-state index contributed by atoms with van der Waals surface area (Å²) in [5.74, 6) is 0.00662. The van der Waals surface area contributed by atoms with Crippen LogP contribution in [0.15, 0.2) is 30.6 Å². The Morgan fingerprint density at radius 3 is 2.77 bits per heavy atom. The van der Waals surface area contributed by atoms with Crippen LogP contribution in [0, 0.1) is 0 Å². The Kier molecular flexibility index (Phi) is 4.75. The van der Waals surface area contributed by atoms with Crippen molar-refractivity contribution in [2.45, 2.75) is 38.8 Å². The Morgan fingerprint density at radius 2 is 2.04 bits per heavy atom. The normalized spacial score (nSPS) is 13.4. The minimum Gasteiger partial charge on any atom is -0.335 e. The number of rotatable bonds is 5. The van der Waals surface area contributed by atoms with Gasteiger partial charge in [0.1, 0.15) is 11.3 Å². The molecule has 0 N–H and O–H groups in total. The van der Waals surface area contributed by atoms with Crippen molar-refractivity contribution < 1.29 is 4.79 Å². The fourth-order valence-electron chi connectivity index (χ4n) is 3.16. The largest absolute Gasteiger partial charge is 0.335 e. The molecule has 3 aromatic rings. The van der Waals surface area contributed by atoms with E-state index in [1.54, 1.807) is 27.2 Å². The van der Waals surface area contributed by atoms with E-state index in [0.717, 1.165) is 23.4 Å². The van der Waals surface area contributed by atoms with Gasteiger partial charge in [-0.2, -0.15) is 0 Å². The Hall–Kier alpha value is -2.61. The smallest absolute Gasteiger partial charge is 0.253 e. The summed E-state index contributed by atoms with van der Waals surface area (Å²) in [5.41, 5.74) is 2.96. The maximum Gasteiger partial charge on any atom is 0.253 e. The highest BCUT2D eigenvalue weighted by molar-refractivity contribution is 7.11. The zero-order valence-electron chi connectivity index (χ0n) is 14.6. The van der Waals surface area contributed by atoms with Crippen LogP contribution in [-0.2, 0) is 25.9 Å². The van der Waals surface area contributed by atoms with Gasteiger partial charge in [0.05, 0.1) is 18.8 Å². The summed E-state index contributed by atoms with van der Waals surface area (Å²) < 4.78 is 1.65. The van der Waals surface area contributed by atoms with Gasteiger partial charge in [-0.3, -0.25) is 4.79 Å². The van der Waals surface area contributed by atoms with Crippen LogP contribution < -0.4 is 0 Å². The molecule has 26 heavy (non-hydrogen) atoms. The van der Waals surface area contributed by atoms with Gasteiger partial charge < -0.3 is 4.90 Å². The van der Waals surface area contributed by atoms with Crippen molar-refractivity contribution in [3.8, 4) is 0 Å². The molecule has 0 atom stereocenters. The number of carbonyl (C=O) groups is 1. The molecule has 134 valence electrons. The lowest BCUT2D eigenvalue weighted by Gasteiger charge is -2.16. The Morgan fingerprint density at radius 1 is 1.23 bits per heavy atom. The van der Waals surface area contributed by atoms with Crippen LogP contribution in [0.3, 0.4) is 0 Å². The van der Waals surface area contributed by atoms with E-state index in [1.165, 1.54) is 23.4 Å². The number of fused-ring (bicyclic) bond motifs is 1. The molecule has 0 saturated heterocycles. The quantitative estimate of drug-likeness (QED) is 0.691. The molecule has 8 heteroatoms. The number of aryl methyl sites for hydroxylation is 2. The lowest BCUT2D eigenvalue weighted by atomic mass is 10.0. The molecule has 0 saturated carbocycles. The topological polar surface area (TPSA) is 76.8 Å². The first-order chi connectivity index (χ1) is 12.7. The Bertz CT molecular complexity index is 864. The molecule has 1 aliphatic rings. The predicted molar refractivity (Wildman–Crippen MR) is 97.9 cm³/mol. The molecule has 0 fully saturated rings. The third kappa shape index (κ3) is 3.65. The summed E-state index contributed by atoms with van der Waals surface area (Å²) >= 11 is 1.75. The van der Waals surface area contributed by atoms with Gasteiger partial charge in [0.2, 0.25) is 0 Å². The van der Waals surface area contributed by atoms with Crippen molar-refractivity contribution in [2.24, 2.45) is 0 Å². The molecule has 2 aromatic heterocycles. The minimum atomic E-state index is 0.00662. The highest BCUT2D eigenvalue weighted by atomic mass is 32.1. The van der Waals surface area contributed by atoms with Crippen LogP contribution in [0.2, 0.25) is 0 Å². The number of amides is 1. The van der Waals surface area contributed by atoms with Crippen LogP contribution >= 0.6 is 11.3 Å². The third-order valence-corrected chi connectivity index (χ3v) is 5.69. The van der Waals surface area contributed by atoms with Gasteiger partial charge in [-0.15, -0.1) is 16.4 Å². The van der Waals surface area contributed by atoms with Crippen molar-refractivity contribution in [1.29, 1.82) is 0 Å². The molecule has 0 spiro atoms. The number of carbonyl (C=O) groups excluding carboxylic acids is 1.